The normalized spacial score (nSPS) is 20.5. The lowest BCUT2D eigenvalue weighted by molar-refractivity contribution is -0.0767. The van der Waals surface area contributed by atoms with Crippen molar-refractivity contribution in [3.63, 3.8) is 0 Å². The van der Waals surface area contributed by atoms with Gasteiger partial charge in [0.25, 0.3) is 5.91 Å². The number of aromatic nitrogens is 1. The van der Waals surface area contributed by atoms with Gasteiger partial charge in [-0.25, -0.2) is 0 Å². The summed E-state index contributed by atoms with van der Waals surface area (Å²) in [6.45, 7) is 1.95. The summed E-state index contributed by atoms with van der Waals surface area (Å²) >= 11 is 3.35. The van der Waals surface area contributed by atoms with Crippen LogP contribution in [0.5, 0.6) is 0 Å². The van der Waals surface area contributed by atoms with E-state index in [0.29, 0.717) is 17.5 Å². The molecule has 0 bridgehead atoms. The van der Waals surface area contributed by atoms with Gasteiger partial charge in [-0.2, -0.15) is 10.1 Å². The summed E-state index contributed by atoms with van der Waals surface area (Å²) in [6, 6.07) is 10.5. The van der Waals surface area contributed by atoms with Crippen LogP contribution in [0.1, 0.15) is 35.7 Å². The summed E-state index contributed by atoms with van der Waals surface area (Å²) in [5.41, 5.74) is 0.306. The smallest absolute Gasteiger partial charge is 0.276 e. The van der Waals surface area contributed by atoms with Crippen LogP contribution in [0.15, 0.2) is 58.4 Å². The zero-order valence-electron chi connectivity index (χ0n) is 12.6. The van der Waals surface area contributed by atoms with Gasteiger partial charge in [0.2, 0.25) is 0 Å². The van der Waals surface area contributed by atoms with Gasteiger partial charge in [-0.15, -0.1) is 0 Å². The van der Waals surface area contributed by atoms with E-state index < -0.39 is 5.72 Å². The molecule has 23 heavy (non-hydrogen) atoms. The lowest BCUT2D eigenvalue weighted by atomic mass is 9.97. The number of hydrogen-bond acceptors (Lipinski definition) is 4. The van der Waals surface area contributed by atoms with Crippen molar-refractivity contribution in [3.8, 4) is 0 Å². The molecular weight excluding hydrogens is 358 g/mol. The fraction of sp³-hybridized carbons (Fsp3) is 0.235. The molecule has 0 saturated carbocycles. The third-order valence-corrected chi connectivity index (χ3v) is 4.39. The minimum absolute atomic E-state index is 0.289. The molecule has 0 fully saturated rings. The molecule has 2 aromatic rings. The standard InChI is InChI=1S/C17H16BrN3O2/c1-2-15-10-17(23,13-4-3-9-19-11-13)21(20-15)16(22)12-5-7-14(18)8-6-12/h3-9,11,23H,2,10H2,1H3. The predicted molar refractivity (Wildman–Crippen MR) is 90.8 cm³/mol. The van der Waals surface area contributed by atoms with Crippen LogP contribution in [0.25, 0.3) is 0 Å². The molecule has 1 unspecified atom stereocenters. The van der Waals surface area contributed by atoms with Crippen molar-refractivity contribution in [2.45, 2.75) is 25.5 Å². The van der Waals surface area contributed by atoms with Gasteiger partial charge in [-0.3, -0.25) is 9.78 Å². The first kappa shape index (κ1) is 15.8. The van der Waals surface area contributed by atoms with Crippen molar-refractivity contribution < 1.29 is 9.90 Å². The molecule has 0 saturated heterocycles. The Bertz CT molecular complexity index is 746. The third-order valence-electron chi connectivity index (χ3n) is 3.86. The SMILES string of the molecule is CCC1=NN(C(=O)c2ccc(Br)cc2)C(O)(c2cccnc2)C1. The van der Waals surface area contributed by atoms with Gasteiger partial charge in [-0.1, -0.05) is 28.9 Å². The number of benzene rings is 1. The first-order valence-electron chi connectivity index (χ1n) is 7.34. The van der Waals surface area contributed by atoms with E-state index in [2.05, 4.69) is 26.0 Å². The lowest BCUT2D eigenvalue weighted by Crippen LogP contribution is -2.43. The number of hydrogen-bond donors (Lipinski definition) is 1. The molecule has 6 heteroatoms. The number of aliphatic hydroxyl groups is 1. The van der Waals surface area contributed by atoms with Gasteiger partial charge in [0, 0.05) is 40.1 Å². The highest BCUT2D eigenvalue weighted by atomic mass is 79.9. The molecule has 3 rings (SSSR count). The number of carbonyl (C=O) groups is 1. The van der Waals surface area contributed by atoms with Crippen molar-refractivity contribution >= 4 is 27.5 Å². The minimum atomic E-state index is -1.50. The Labute approximate surface area is 142 Å². The zero-order valence-corrected chi connectivity index (χ0v) is 14.2. The molecule has 0 spiro atoms. The van der Waals surface area contributed by atoms with Crippen LogP contribution in [-0.4, -0.2) is 26.7 Å². The molecule has 1 aliphatic rings. The molecule has 1 aliphatic heterocycles. The Morgan fingerprint density at radius 2 is 2.09 bits per heavy atom. The van der Waals surface area contributed by atoms with Crippen LogP contribution < -0.4 is 0 Å². The summed E-state index contributed by atoms with van der Waals surface area (Å²) < 4.78 is 0.885. The quantitative estimate of drug-likeness (QED) is 0.897. The monoisotopic (exact) mass is 373 g/mol. The highest BCUT2D eigenvalue weighted by Crippen LogP contribution is 2.36. The van der Waals surface area contributed by atoms with Crippen LogP contribution in [0.2, 0.25) is 0 Å². The second kappa shape index (κ2) is 6.22. The van der Waals surface area contributed by atoms with Gasteiger partial charge < -0.3 is 5.11 Å². The van der Waals surface area contributed by atoms with E-state index >= 15 is 0 Å². The van der Waals surface area contributed by atoms with E-state index in [1.54, 1.807) is 48.8 Å². The van der Waals surface area contributed by atoms with Crippen LogP contribution in [0.4, 0.5) is 0 Å². The topological polar surface area (TPSA) is 65.8 Å². The van der Waals surface area contributed by atoms with Crippen molar-refractivity contribution in [1.29, 1.82) is 0 Å². The third kappa shape index (κ3) is 2.92. The first-order valence-corrected chi connectivity index (χ1v) is 8.13. The number of halogens is 1. The van der Waals surface area contributed by atoms with Gasteiger partial charge in [-0.05, 0) is 36.8 Å². The number of amides is 1. The van der Waals surface area contributed by atoms with E-state index in [-0.39, 0.29) is 12.3 Å². The summed E-state index contributed by atoms with van der Waals surface area (Å²) in [5, 5.41) is 16.7. The van der Waals surface area contributed by atoms with Gasteiger partial charge >= 0.3 is 0 Å². The number of nitrogens with zero attached hydrogens (tertiary/aromatic N) is 3. The second-order valence-corrected chi connectivity index (χ2v) is 6.29. The molecule has 1 atom stereocenters. The molecule has 1 amide bonds. The molecule has 5 nitrogen and oxygen atoms in total. The van der Waals surface area contributed by atoms with E-state index in [1.165, 1.54) is 5.01 Å². The Morgan fingerprint density at radius 1 is 1.35 bits per heavy atom. The number of rotatable bonds is 3. The summed E-state index contributed by atoms with van der Waals surface area (Å²) in [4.78, 5) is 16.9. The molecule has 1 N–H and O–H groups in total. The maximum absolute atomic E-state index is 12.8. The molecule has 1 aromatic carbocycles. The van der Waals surface area contributed by atoms with Crippen molar-refractivity contribution in [3.05, 3.63) is 64.4 Å². The average molecular weight is 374 g/mol. The van der Waals surface area contributed by atoms with Crippen molar-refractivity contribution in [2.75, 3.05) is 0 Å². The minimum Gasteiger partial charge on any atom is -0.365 e. The molecule has 0 radical (unpaired) electrons. The Balaban J connectivity index is 2.01. The molecular formula is C17H16BrN3O2. The number of pyridine rings is 1. The highest BCUT2D eigenvalue weighted by molar-refractivity contribution is 9.10. The predicted octanol–water partition coefficient (Wildman–Crippen LogP) is 3.30. The summed E-state index contributed by atoms with van der Waals surface area (Å²) in [7, 11) is 0. The molecule has 2 heterocycles. The second-order valence-electron chi connectivity index (χ2n) is 5.38. The Morgan fingerprint density at radius 3 is 2.70 bits per heavy atom. The maximum Gasteiger partial charge on any atom is 0.276 e. The van der Waals surface area contributed by atoms with Crippen molar-refractivity contribution in [2.24, 2.45) is 5.10 Å². The fourth-order valence-electron chi connectivity index (χ4n) is 2.57. The average Bonchev–Trinajstić information content (AvgIpc) is 2.94. The first-order chi connectivity index (χ1) is 11.0. The van der Waals surface area contributed by atoms with Gasteiger partial charge in [0.05, 0.1) is 0 Å². The van der Waals surface area contributed by atoms with Crippen LogP contribution in [0, 0.1) is 0 Å². The Kier molecular flexibility index (Phi) is 4.28. The summed E-state index contributed by atoms with van der Waals surface area (Å²) in [5.74, 6) is -0.340. The number of hydrazone groups is 1. The van der Waals surface area contributed by atoms with E-state index in [0.717, 1.165) is 10.2 Å². The maximum atomic E-state index is 12.8. The highest BCUT2D eigenvalue weighted by Gasteiger charge is 2.45. The van der Waals surface area contributed by atoms with E-state index in [9.17, 15) is 9.90 Å². The number of carbonyl (C=O) groups excluding carboxylic acids is 1. The van der Waals surface area contributed by atoms with E-state index in [1.807, 2.05) is 6.92 Å². The van der Waals surface area contributed by atoms with Gasteiger partial charge in [0.1, 0.15) is 0 Å². The fourth-order valence-corrected chi connectivity index (χ4v) is 2.83. The Hall–Kier alpha value is -2.05. The molecule has 0 aliphatic carbocycles. The van der Waals surface area contributed by atoms with E-state index in [4.69, 9.17) is 0 Å². The summed E-state index contributed by atoms with van der Waals surface area (Å²) in [6.07, 6.45) is 4.16. The van der Waals surface area contributed by atoms with Crippen LogP contribution in [0.3, 0.4) is 0 Å². The molecule has 118 valence electrons. The van der Waals surface area contributed by atoms with Gasteiger partial charge in [0.15, 0.2) is 5.72 Å². The zero-order chi connectivity index (χ0) is 16.4. The van der Waals surface area contributed by atoms with Crippen LogP contribution in [-0.2, 0) is 5.72 Å². The largest absolute Gasteiger partial charge is 0.365 e. The molecule has 1 aromatic heterocycles. The van der Waals surface area contributed by atoms with Crippen LogP contribution >= 0.6 is 15.9 Å². The lowest BCUT2D eigenvalue weighted by Gasteiger charge is -2.31. The van der Waals surface area contributed by atoms with Crippen molar-refractivity contribution in [1.82, 2.24) is 9.99 Å².